The van der Waals surface area contributed by atoms with Crippen LogP contribution in [0, 0.1) is 11.7 Å². The normalized spacial score (nSPS) is 14.9. The van der Waals surface area contributed by atoms with E-state index in [1.165, 1.54) is 37.8 Å². The highest BCUT2D eigenvalue weighted by Gasteiger charge is 2.16. The molecular formula is C18H21ClFN3O. The topological polar surface area (TPSA) is 46.9 Å². The number of hydrogen-bond acceptors (Lipinski definition) is 2. The number of anilines is 1. The minimum Gasteiger partial charge on any atom is -0.323 e. The molecule has 1 aliphatic carbocycles. The van der Waals surface area contributed by atoms with E-state index in [0.29, 0.717) is 29.6 Å². The van der Waals surface area contributed by atoms with E-state index in [1.807, 2.05) is 0 Å². The average molecular weight is 350 g/mol. The van der Waals surface area contributed by atoms with Crippen molar-refractivity contribution < 1.29 is 9.18 Å². The maximum atomic E-state index is 13.1. The number of rotatable bonds is 6. The molecule has 3 rings (SSSR count). The standard InChI is InChI=1S/C18H21ClFN3O/c19-17-9-15(20)7-6-14(17)11-23-12-16(10-21-23)22-18(24)8-5-13-3-1-2-4-13/h6-7,9-10,12-13H,1-5,8,11H2,(H,22,24). The first-order valence-electron chi connectivity index (χ1n) is 8.36. The summed E-state index contributed by atoms with van der Waals surface area (Å²) >= 11 is 6.02. The summed E-state index contributed by atoms with van der Waals surface area (Å²) in [5, 5.41) is 7.46. The number of carbonyl (C=O) groups excluding carboxylic acids is 1. The SMILES string of the molecule is O=C(CCC1CCCC1)Nc1cnn(Cc2ccc(F)cc2Cl)c1. The molecule has 0 spiro atoms. The van der Waals surface area contributed by atoms with Crippen LogP contribution in [0.5, 0.6) is 0 Å². The van der Waals surface area contributed by atoms with Crippen molar-refractivity contribution in [3.8, 4) is 0 Å². The molecule has 0 atom stereocenters. The first kappa shape index (κ1) is 17.0. The highest BCUT2D eigenvalue weighted by atomic mass is 35.5. The lowest BCUT2D eigenvalue weighted by Gasteiger charge is -2.08. The molecule has 1 aromatic heterocycles. The Labute approximate surface area is 146 Å². The summed E-state index contributed by atoms with van der Waals surface area (Å²) in [7, 11) is 0. The van der Waals surface area contributed by atoms with E-state index < -0.39 is 0 Å². The second kappa shape index (κ2) is 7.79. The molecule has 6 heteroatoms. The van der Waals surface area contributed by atoms with Crippen LogP contribution < -0.4 is 5.32 Å². The van der Waals surface area contributed by atoms with Crippen molar-refractivity contribution in [1.82, 2.24) is 9.78 Å². The molecule has 1 amide bonds. The summed E-state index contributed by atoms with van der Waals surface area (Å²) in [5.41, 5.74) is 1.45. The Balaban J connectivity index is 1.52. The average Bonchev–Trinajstić information content (AvgIpc) is 3.20. The molecule has 2 aromatic rings. The molecule has 1 fully saturated rings. The number of carbonyl (C=O) groups is 1. The Kier molecular flexibility index (Phi) is 5.51. The Morgan fingerprint density at radius 2 is 2.17 bits per heavy atom. The summed E-state index contributed by atoms with van der Waals surface area (Å²) in [6, 6.07) is 4.29. The van der Waals surface area contributed by atoms with Gasteiger partial charge in [-0.2, -0.15) is 5.10 Å². The number of aromatic nitrogens is 2. The summed E-state index contributed by atoms with van der Waals surface area (Å²) in [6.45, 7) is 0.428. The fourth-order valence-corrected chi connectivity index (χ4v) is 3.42. The van der Waals surface area contributed by atoms with Gasteiger partial charge in [0.1, 0.15) is 5.82 Å². The van der Waals surface area contributed by atoms with Crippen LogP contribution in [-0.4, -0.2) is 15.7 Å². The summed E-state index contributed by atoms with van der Waals surface area (Å²) in [6.07, 6.45) is 9.99. The molecule has 0 saturated heterocycles. The van der Waals surface area contributed by atoms with E-state index >= 15 is 0 Å². The molecule has 1 heterocycles. The number of benzene rings is 1. The van der Waals surface area contributed by atoms with Crippen LogP contribution >= 0.6 is 11.6 Å². The van der Waals surface area contributed by atoms with Gasteiger partial charge in [0.25, 0.3) is 0 Å². The predicted octanol–water partition coefficient (Wildman–Crippen LogP) is 4.63. The van der Waals surface area contributed by atoms with E-state index in [4.69, 9.17) is 11.6 Å². The third kappa shape index (κ3) is 4.57. The Morgan fingerprint density at radius 1 is 1.38 bits per heavy atom. The van der Waals surface area contributed by atoms with Gasteiger partial charge in [-0.3, -0.25) is 9.48 Å². The van der Waals surface area contributed by atoms with Crippen molar-refractivity contribution in [2.24, 2.45) is 5.92 Å². The lowest BCUT2D eigenvalue weighted by molar-refractivity contribution is -0.116. The maximum absolute atomic E-state index is 13.1. The number of halogens is 2. The van der Waals surface area contributed by atoms with Gasteiger partial charge in [-0.05, 0) is 30.0 Å². The van der Waals surface area contributed by atoms with Gasteiger partial charge in [0.15, 0.2) is 0 Å². The first-order chi connectivity index (χ1) is 11.6. The lowest BCUT2D eigenvalue weighted by Crippen LogP contribution is -2.12. The number of nitrogens with zero attached hydrogens (tertiary/aromatic N) is 2. The van der Waals surface area contributed by atoms with Gasteiger partial charge in [0.2, 0.25) is 5.91 Å². The lowest BCUT2D eigenvalue weighted by atomic mass is 10.0. The largest absolute Gasteiger partial charge is 0.323 e. The molecule has 1 aromatic carbocycles. The molecule has 1 N–H and O–H groups in total. The Bertz CT molecular complexity index is 710. The molecular weight excluding hydrogens is 329 g/mol. The van der Waals surface area contributed by atoms with Crippen LogP contribution in [0.1, 0.15) is 44.1 Å². The molecule has 1 aliphatic rings. The highest BCUT2D eigenvalue weighted by Crippen LogP contribution is 2.28. The fraction of sp³-hybridized carbons (Fsp3) is 0.444. The quantitative estimate of drug-likeness (QED) is 0.826. The monoisotopic (exact) mass is 349 g/mol. The zero-order chi connectivity index (χ0) is 16.9. The van der Waals surface area contributed by atoms with Crippen LogP contribution in [0.3, 0.4) is 0 Å². The smallest absolute Gasteiger partial charge is 0.224 e. The van der Waals surface area contributed by atoms with Crippen molar-refractivity contribution in [1.29, 1.82) is 0 Å². The van der Waals surface area contributed by atoms with E-state index in [2.05, 4.69) is 10.4 Å². The summed E-state index contributed by atoms with van der Waals surface area (Å²) < 4.78 is 14.7. The van der Waals surface area contributed by atoms with Crippen LogP contribution in [0.4, 0.5) is 10.1 Å². The summed E-state index contributed by atoms with van der Waals surface area (Å²) in [5.74, 6) is 0.375. The van der Waals surface area contributed by atoms with Gasteiger partial charge < -0.3 is 5.32 Å². The zero-order valence-corrected chi connectivity index (χ0v) is 14.2. The number of hydrogen-bond donors (Lipinski definition) is 1. The van der Waals surface area contributed by atoms with E-state index in [1.54, 1.807) is 23.1 Å². The van der Waals surface area contributed by atoms with Crippen molar-refractivity contribution in [3.63, 3.8) is 0 Å². The molecule has 1 saturated carbocycles. The molecule has 0 aliphatic heterocycles. The molecule has 0 radical (unpaired) electrons. The molecule has 24 heavy (non-hydrogen) atoms. The van der Waals surface area contributed by atoms with Gasteiger partial charge in [0, 0.05) is 17.6 Å². The van der Waals surface area contributed by atoms with Gasteiger partial charge in [-0.25, -0.2) is 4.39 Å². The van der Waals surface area contributed by atoms with Crippen molar-refractivity contribution >= 4 is 23.2 Å². The summed E-state index contributed by atoms with van der Waals surface area (Å²) in [4.78, 5) is 12.0. The molecule has 4 nitrogen and oxygen atoms in total. The van der Waals surface area contributed by atoms with Crippen molar-refractivity contribution in [2.75, 3.05) is 5.32 Å². The van der Waals surface area contributed by atoms with E-state index in [0.717, 1.165) is 12.0 Å². The zero-order valence-electron chi connectivity index (χ0n) is 13.5. The van der Waals surface area contributed by atoms with Crippen molar-refractivity contribution in [3.05, 3.63) is 47.0 Å². The molecule has 0 bridgehead atoms. The van der Waals surface area contributed by atoms with Gasteiger partial charge in [0.05, 0.1) is 18.4 Å². The van der Waals surface area contributed by atoms with E-state index in [-0.39, 0.29) is 11.7 Å². The third-order valence-corrected chi connectivity index (χ3v) is 4.87. The second-order valence-corrected chi connectivity index (χ2v) is 6.81. The number of amides is 1. The third-order valence-electron chi connectivity index (χ3n) is 4.52. The van der Waals surface area contributed by atoms with Crippen LogP contribution in [0.2, 0.25) is 5.02 Å². The Hall–Kier alpha value is -1.88. The Morgan fingerprint density at radius 3 is 2.92 bits per heavy atom. The molecule has 0 unspecified atom stereocenters. The van der Waals surface area contributed by atoms with Crippen LogP contribution in [-0.2, 0) is 11.3 Å². The van der Waals surface area contributed by atoms with Gasteiger partial charge in [-0.1, -0.05) is 43.4 Å². The van der Waals surface area contributed by atoms with Crippen molar-refractivity contribution in [2.45, 2.75) is 45.1 Å². The van der Waals surface area contributed by atoms with E-state index in [9.17, 15) is 9.18 Å². The van der Waals surface area contributed by atoms with Gasteiger partial charge >= 0.3 is 0 Å². The van der Waals surface area contributed by atoms with Gasteiger partial charge in [-0.15, -0.1) is 0 Å². The minimum absolute atomic E-state index is 0.0289. The maximum Gasteiger partial charge on any atom is 0.224 e. The predicted molar refractivity (Wildman–Crippen MR) is 92.6 cm³/mol. The van der Waals surface area contributed by atoms with Crippen LogP contribution in [0.15, 0.2) is 30.6 Å². The minimum atomic E-state index is -0.362. The highest BCUT2D eigenvalue weighted by molar-refractivity contribution is 6.31. The number of nitrogens with one attached hydrogen (secondary N) is 1. The molecule has 128 valence electrons. The van der Waals surface area contributed by atoms with Crippen LogP contribution in [0.25, 0.3) is 0 Å². The fourth-order valence-electron chi connectivity index (χ4n) is 3.20. The first-order valence-corrected chi connectivity index (χ1v) is 8.74. The second-order valence-electron chi connectivity index (χ2n) is 6.40.